The van der Waals surface area contributed by atoms with Gasteiger partial charge < -0.3 is 20.7 Å². The van der Waals surface area contributed by atoms with Crippen LogP contribution in [-0.4, -0.2) is 36.7 Å². The average Bonchev–Trinajstić information content (AvgIpc) is 3.49. The third-order valence-corrected chi connectivity index (χ3v) is 6.61. The van der Waals surface area contributed by atoms with Crippen LogP contribution in [0.5, 0.6) is 0 Å². The van der Waals surface area contributed by atoms with Crippen molar-refractivity contribution in [3.63, 3.8) is 0 Å². The number of rotatable bonds is 4. The van der Waals surface area contributed by atoms with Gasteiger partial charge in [0.15, 0.2) is 0 Å². The largest absolute Gasteiger partial charge is 0.450 e. The fourth-order valence-corrected chi connectivity index (χ4v) is 4.62. The third-order valence-electron chi connectivity index (χ3n) is 6.26. The van der Waals surface area contributed by atoms with Crippen LogP contribution >= 0.6 is 11.6 Å². The van der Waals surface area contributed by atoms with Crippen molar-refractivity contribution in [1.82, 2.24) is 5.32 Å². The standard InChI is InChI=1S/C26H15ClF8N4O3/c27-17-2-1-12(28)6-15(17)21-20-16(23(41)39-21)7-14(37-24-36-9-19(42-24)26(33,34)35)8-18(20)38-22(40)10-3-11(25(30,31)32)5-13(29)4-10/h1-8,19,21H,9H2,(H,36,37)(H,38,40)(H,39,41). The van der Waals surface area contributed by atoms with Gasteiger partial charge in [-0.15, -0.1) is 0 Å². The van der Waals surface area contributed by atoms with Gasteiger partial charge in [0.1, 0.15) is 11.6 Å². The summed E-state index contributed by atoms with van der Waals surface area (Å²) in [7, 11) is 0. The number of amides is 2. The summed E-state index contributed by atoms with van der Waals surface area (Å²) >= 11 is 6.23. The maximum absolute atomic E-state index is 14.1. The lowest BCUT2D eigenvalue weighted by atomic mass is 9.95. The van der Waals surface area contributed by atoms with E-state index >= 15 is 0 Å². The molecule has 0 spiro atoms. The Hall–Kier alpha value is -4.40. The Morgan fingerprint density at radius 2 is 1.74 bits per heavy atom. The molecular formula is C26H15ClF8N4O3. The second kappa shape index (κ2) is 10.5. The van der Waals surface area contributed by atoms with Gasteiger partial charge in [0.05, 0.1) is 18.2 Å². The summed E-state index contributed by atoms with van der Waals surface area (Å²) in [4.78, 5) is 29.6. The van der Waals surface area contributed by atoms with Gasteiger partial charge in [-0.25, -0.2) is 13.8 Å². The first-order chi connectivity index (χ1) is 19.6. The lowest BCUT2D eigenvalue weighted by Crippen LogP contribution is -2.33. The number of ether oxygens (including phenoxy) is 1. The summed E-state index contributed by atoms with van der Waals surface area (Å²) in [6, 6.07) is 5.02. The predicted molar refractivity (Wildman–Crippen MR) is 133 cm³/mol. The van der Waals surface area contributed by atoms with Crippen molar-refractivity contribution < 1.29 is 49.4 Å². The Morgan fingerprint density at radius 1 is 1.00 bits per heavy atom. The Bertz CT molecular complexity index is 1640. The quantitative estimate of drug-likeness (QED) is 0.293. The second-order valence-corrected chi connectivity index (χ2v) is 9.56. The van der Waals surface area contributed by atoms with Crippen LogP contribution in [0.2, 0.25) is 5.02 Å². The minimum absolute atomic E-state index is 0.00120. The molecule has 42 heavy (non-hydrogen) atoms. The van der Waals surface area contributed by atoms with Crippen molar-refractivity contribution in [2.24, 2.45) is 4.99 Å². The molecule has 0 aromatic heterocycles. The molecule has 3 N–H and O–H groups in total. The van der Waals surface area contributed by atoms with Crippen molar-refractivity contribution in [2.45, 2.75) is 24.5 Å². The van der Waals surface area contributed by atoms with Crippen LogP contribution in [0.15, 0.2) is 53.5 Å². The summed E-state index contributed by atoms with van der Waals surface area (Å²) in [5, 5.41) is 7.35. The van der Waals surface area contributed by atoms with E-state index in [9.17, 15) is 44.7 Å². The van der Waals surface area contributed by atoms with Gasteiger partial charge in [0.2, 0.25) is 6.10 Å². The minimum Gasteiger partial charge on any atom is -0.450 e. The van der Waals surface area contributed by atoms with Crippen LogP contribution in [0.3, 0.4) is 0 Å². The maximum atomic E-state index is 14.1. The zero-order valence-corrected chi connectivity index (χ0v) is 21.3. The van der Waals surface area contributed by atoms with Gasteiger partial charge in [0.25, 0.3) is 17.8 Å². The number of halogens is 9. The van der Waals surface area contributed by atoms with E-state index < -0.39 is 71.6 Å². The number of hydrogen-bond donors (Lipinski definition) is 3. The number of hydrogen-bond acceptors (Lipinski definition) is 5. The van der Waals surface area contributed by atoms with E-state index in [4.69, 9.17) is 16.3 Å². The van der Waals surface area contributed by atoms with Crippen LogP contribution in [0, 0.1) is 11.6 Å². The number of aliphatic imine (C=N–C) groups is 1. The second-order valence-electron chi connectivity index (χ2n) is 9.16. The Morgan fingerprint density at radius 3 is 2.40 bits per heavy atom. The fraction of sp³-hybridized carbons (Fsp3) is 0.192. The summed E-state index contributed by atoms with van der Waals surface area (Å²) in [6.45, 7) is -0.748. The van der Waals surface area contributed by atoms with Gasteiger partial charge in [-0.05, 0) is 48.5 Å². The molecule has 2 atom stereocenters. The molecule has 0 saturated carbocycles. The number of amidine groups is 1. The molecule has 7 nitrogen and oxygen atoms in total. The molecule has 0 fully saturated rings. The number of alkyl halides is 6. The van der Waals surface area contributed by atoms with Crippen LogP contribution in [0.4, 0.5) is 46.5 Å². The fourth-order valence-electron chi connectivity index (χ4n) is 4.39. The van der Waals surface area contributed by atoms with E-state index in [0.717, 1.165) is 18.2 Å². The molecule has 0 radical (unpaired) electrons. The first-order valence-electron chi connectivity index (χ1n) is 11.8. The van der Waals surface area contributed by atoms with Crippen LogP contribution < -0.4 is 16.0 Å². The smallest absolute Gasteiger partial charge is 0.427 e. The molecular weight excluding hydrogens is 604 g/mol. The number of carbonyl (C=O) groups excluding carboxylic acids is 2. The number of benzene rings is 3. The summed E-state index contributed by atoms with van der Waals surface area (Å²) < 4.78 is 112. The van der Waals surface area contributed by atoms with E-state index in [2.05, 4.69) is 20.9 Å². The predicted octanol–water partition coefficient (Wildman–Crippen LogP) is 6.45. The van der Waals surface area contributed by atoms with Crippen LogP contribution in [-0.2, 0) is 10.9 Å². The highest BCUT2D eigenvalue weighted by Gasteiger charge is 2.45. The van der Waals surface area contributed by atoms with Gasteiger partial charge in [-0.2, -0.15) is 26.3 Å². The van der Waals surface area contributed by atoms with Crippen molar-refractivity contribution >= 4 is 40.8 Å². The first-order valence-corrected chi connectivity index (χ1v) is 12.2. The van der Waals surface area contributed by atoms with Crippen LogP contribution in [0.25, 0.3) is 0 Å². The summed E-state index contributed by atoms with van der Waals surface area (Å²) in [5.74, 6) is -4.07. The van der Waals surface area contributed by atoms with E-state index in [1.54, 1.807) is 0 Å². The minimum atomic E-state index is -4.98. The van der Waals surface area contributed by atoms with Crippen molar-refractivity contribution in [3.05, 3.63) is 93.0 Å². The first kappa shape index (κ1) is 29.1. The third kappa shape index (κ3) is 5.82. The van der Waals surface area contributed by atoms with Crippen molar-refractivity contribution in [1.29, 1.82) is 0 Å². The monoisotopic (exact) mass is 618 g/mol. The Kier molecular flexibility index (Phi) is 7.25. The molecule has 3 aromatic carbocycles. The molecule has 2 aliphatic heterocycles. The molecule has 2 aliphatic rings. The highest BCUT2D eigenvalue weighted by atomic mass is 35.5. The van der Waals surface area contributed by atoms with Gasteiger partial charge in [-0.1, -0.05) is 11.6 Å². The molecule has 2 heterocycles. The number of nitrogens with one attached hydrogen (secondary N) is 3. The van der Waals surface area contributed by atoms with Crippen molar-refractivity contribution in [3.8, 4) is 0 Å². The lowest BCUT2D eigenvalue weighted by molar-refractivity contribution is -0.190. The topological polar surface area (TPSA) is 91.8 Å². The molecule has 16 heteroatoms. The van der Waals surface area contributed by atoms with Crippen molar-refractivity contribution in [2.75, 3.05) is 17.2 Å². The molecule has 3 aromatic rings. The van der Waals surface area contributed by atoms with E-state index in [0.29, 0.717) is 12.1 Å². The number of nitrogens with zero attached hydrogens (tertiary/aromatic N) is 1. The normalized spacial score (nSPS) is 18.2. The number of carbonyl (C=O) groups is 2. The van der Waals surface area contributed by atoms with E-state index in [-0.39, 0.29) is 39.2 Å². The molecule has 2 unspecified atom stereocenters. The SMILES string of the molecule is O=C(Nc1cc(NC2=NCC(C(F)(F)F)O2)cc2c1C(c1cc(F)ccc1Cl)NC2=O)c1cc(F)cc(C(F)(F)F)c1. The Labute approximate surface area is 235 Å². The molecule has 0 bridgehead atoms. The van der Waals surface area contributed by atoms with E-state index in [1.807, 2.05) is 0 Å². The van der Waals surface area contributed by atoms with Crippen LogP contribution in [0.1, 0.15) is 43.4 Å². The average molecular weight is 619 g/mol. The number of anilines is 2. The number of fused-ring (bicyclic) bond motifs is 1. The Balaban J connectivity index is 1.57. The molecule has 2 amide bonds. The molecule has 0 aliphatic carbocycles. The van der Waals surface area contributed by atoms with E-state index in [1.165, 1.54) is 12.1 Å². The molecule has 0 saturated heterocycles. The zero-order valence-electron chi connectivity index (χ0n) is 20.6. The van der Waals surface area contributed by atoms with Gasteiger partial charge in [0, 0.05) is 38.7 Å². The summed E-state index contributed by atoms with van der Waals surface area (Å²) in [6.07, 6.45) is -11.9. The zero-order chi connectivity index (χ0) is 30.6. The maximum Gasteiger partial charge on any atom is 0.427 e. The highest BCUT2D eigenvalue weighted by molar-refractivity contribution is 6.31. The van der Waals surface area contributed by atoms with Gasteiger partial charge in [-0.3, -0.25) is 9.59 Å². The highest BCUT2D eigenvalue weighted by Crippen LogP contribution is 2.41. The molecule has 5 rings (SSSR count). The molecule has 220 valence electrons. The lowest BCUT2D eigenvalue weighted by Gasteiger charge is -2.20. The van der Waals surface area contributed by atoms with Gasteiger partial charge >= 0.3 is 12.4 Å². The summed E-state index contributed by atoms with van der Waals surface area (Å²) in [5.41, 5.74) is -2.62.